The van der Waals surface area contributed by atoms with Crippen LogP contribution >= 0.6 is 15.9 Å². The number of hydrogen-bond acceptors (Lipinski definition) is 0. The summed E-state index contributed by atoms with van der Waals surface area (Å²) in [6, 6.07) is 56.2. The van der Waals surface area contributed by atoms with Gasteiger partial charge in [-0.15, -0.1) is 0 Å². The molecule has 10 aromatic carbocycles. The molecular weight excluding hydrogens is 608 g/mol. The van der Waals surface area contributed by atoms with E-state index in [0.29, 0.717) is 0 Å². The molecule has 0 atom stereocenters. The molecule has 0 fully saturated rings. The van der Waals surface area contributed by atoms with E-state index < -0.39 is 0 Å². The Morgan fingerprint density at radius 2 is 0.644 bits per heavy atom. The van der Waals surface area contributed by atoms with Crippen molar-refractivity contribution in [1.82, 2.24) is 0 Å². The van der Waals surface area contributed by atoms with Crippen molar-refractivity contribution in [1.29, 1.82) is 0 Å². The van der Waals surface area contributed by atoms with Crippen molar-refractivity contribution >= 4 is 91.3 Å². The van der Waals surface area contributed by atoms with Crippen molar-refractivity contribution in [3.05, 3.63) is 156 Å². The van der Waals surface area contributed by atoms with Crippen LogP contribution in [-0.2, 0) is 0 Å². The minimum atomic E-state index is 1.15. The first kappa shape index (κ1) is 25.1. The van der Waals surface area contributed by atoms with Crippen molar-refractivity contribution in [3.8, 4) is 22.3 Å². The van der Waals surface area contributed by atoms with Crippen LogP contribution in [0.3, 0.4) is 0 Å². The maximum absolute atomic E-state index is 3.98. The molecule has 0 saturated heterocycles. The zero-order valence-electron chi connectivity index (χ0n) is 24.3. The second kappa shape index (κ2) is 9.38. The number of fused-ring (bicyclic) bond motifs is 4. The first-order valence-electron chi connectivity index (χ1n) is 15.5. The number of hydrogen-bond donors (Lipinski definition) is 0. The lowest BCUT2D eigenvalue weighted by Gasteiger charge is -2.22. The standard InChI is InChI=1S/C44H25Br/c45-44-37-18-7-5-16-33(37)43(34-17-6-8-19-38(34)44)42-31-14-3-1-12-29(31)41(30-13-2-4-15-32(30)42)36-25-23-28-21-20-26-10-9-11-27-22-24-35(36)40(28)39(26)27/h1-25H. The quantitative estimate of drug-likeness (QED) is 0.131. The van der Waals surface area contributed by atoms with E-state index >= 15 is 0 Å². The van der Waals surface area contributed by atoms with Gasteiger partial charge >= 0.3 is 0 Å². The molecule has 0 spiro atoms. The van der Waals surface area contributed by atoms with Gasteiger partial charge in [-0.25, -0.2) is 0 Å². The molecule has 208 valence electrons. The summed E-state index contributed by atoms with van der Waals surface area (Å²) in [6.07, 6.45) is 0. The van der Waals surface area contributed by atoms with Crippen molar-refractivity contribution in [2.75, 3.05) is 0 Å². The lowest BCUT2D eigenvalue weighted by molar-refractivity contribution is 1.70. The van der Waals surface area contributed by atoms with Crippen LogP contribution in [-0.4, -0.2) is 0 Å². The van der Waals surface area contributed by atoms with Crippen LogP contribution in [0.25, 0.3) is 97.7 Å². The van der Waals surface area contributed by atoms with Crippen LogP contribution in [0.1, 0.15) is 0 Å². The van der Waals surface area contributed by atoms with Crippen molar-refractivity contribution < 1.29 is 0 Å². The van der Waals surface area contributed by atoms with E-state index in [1.54, 1.807) is 0 Å². The highest BCUT2D eigenvalue weighted by atomic mass is 79.9. The first-order valence-corrected chi connectivity index (χ1v) is 16.3. The van der Waals surface area contributed by atoms with Gasteiger partial charge in [0.1, 0.15) is 0 Å². The van der Waals surface area contributed by atoms with Gasteiger partial charge in [0.2, 0.25) is 0 Å². The van der Waals surface area contributed by atoms with E-state index in [4.69, 9.17) is 0 Å². The van der Waals surface area contributed by atoms with Crippen molar-refractivity contribution in [2.45, 2.75) is 0 Å². The average molecular weight is 634 g/mol. The summed E-state index contributed by atoms with van der Waals surface area (Å²) in [6.45, 7) is 0. The number of benzene rings is 10. The highest BCUT2D eigenvalue weighted by Gasteiger charge is 2.22. The summed E-state index contributed by atoms with van der Waals surface area (Å²) in [4.78, 5) is 0. The Hall–Kier alpha value is -5.24. The summed E-state index contributed by atoms with van der Waals surface area (Å²) < 4.78 is 1.15. The zero-order chi connectivity index (χ0) is 29.6. The molecule has 0 saturated carbocycles. The Morgan fingerprint density at radius 3 is 1.16 bits per heavy atom. The van der Waals surface area contributed by atoms with Gasteiger partial charge in [-0.2, -0.15) is 0 Å². The minimum Gasteiger partial charge on any atom is -0.0616 e. The molecule has 0 aliphatic heterocycles. The Labute approximate surface area is 268 Å². The third-order valence-corrected chi connectivity index (χ3v) is 10.7. The highest BCUT2D eigenvalue weighted by Crippen LogP contribution is 2.50. The Kier molecular flexibility index (Phi) is 5.24. The molecule has 45 heavy (non-hydrogen) atoms. The maximum atomic E-state index is 3.98. The van der Waals surface area contributed by atoms with E-state index in [2.05, 4.69) is 168 Å². The topological polar surface area (TPSA) is 0 Å². The molecular formula is C44H25Br. The van der Waals surface area contributed by atoms with Gasteiger partial charge in [0, 0.05) is 4.47 Å². The second-order valence-corrected chi connectivity index (χ2v) is 12.9. The Morgan fingerprint density at radius 1 is 0.267 bits per heavy atom. The van der Waals surface area contributed by atoms with Gasteiger partial charge in [0.05, 0.1) is 0 Å². The molecule has 0 nitrogen and oxygen atoms in total. The number of rotatable bonds is 2. The highest BCUT2D eigenvalue weighted by molar-refractivity contribution is 9.10. The number of halogens is 1. The fraction of sp³-hybridized carbons (Fsp3) is 0. The van der Waals surface area contributed by atoms with Crippen LogP contribution in [0.15, 0.2) is 156 Å². The predicted molar refractivity (Wildman–Crippen MR) is 199 cm³/mol. The van der Waals surface area contributed by atoms with Crippen LogP contribution in [0.4, 0.5) is 0 Å². The average Bonchev–Trinajstić information content (AvgIpc) is 3.10. The third-order valence-electron chi connectivity index (χ3n) is 9.85. The van der Waals surface area contributed by atoms with E-state index in [0.717, 1.165) is 4.47 Å². The molecule has 10 rings (SSSR count). The molecule has 0 radical (unpaired) electrons. The Bertz CT molecular complexity index is 2690. The summed E-state index contributed by atoms with van der Waals surface area (Å²) in [5.74, 6) is 0. The summed E-state index contributed by atoms with van der Waals surface area (Å²) >= 11 is 3.98. The molecule has 0 heterocycles. The van der Waals surface area contributed by atoms with E-state index in [1.165, 1.54) is 97.7 Å². The van der Waals surface area contributed by atoms with Gasteiger partial charge in [-0.1, -0.05) is 152 Å². The first-order chi connectivity index (χ1) is 22.3. The van der Waals surface area contributed by atoms with Gasteiger partial charge in [-0.3, -0.25) is 0 Å². The molecule has 0 aromatic heterocycles. The summed E-state index contributed by atoms with van der Waals surface area (Å²) in [7, 11) is 0. The molecule has 0 aliphatic carbocycles. The van der Waals surface area contributed by atoms with Gasteiger partial charge in [0.15, 0.2) is 0 Å². The SMILES string of the molecule is Brc1c2ccccc2c(-c2c3ccccc3c(-c3ccc4ccc5cccc6ccc3c4c56)c3ccccc23)c2ccccc12. The van der Waals surface area contributed by atoms with Crippen LogP contribution in [0.5, 0.6) is 0 Å². The summed E-state index contributed by atoms with van der Waals surface area (Å²) in [5, 5.41) is 18.0. The normalized spacial score (nSPS) is 12.1. The van der Waals surface area contributed by atoms with Crippen LogP contribution < -0.4 is 0 Å². The molecule has 0 bridgehead atoms. The molecule has 0 amide bonds. The molecule has 10 aromatic rings. The van der Waals surface area contributed by atoms with E-state index in [-0.39, 0.29) is 0 Å². The zero-order valence-corrected chi connectivity index (χ0v) is 25.9. The monoisotopic (exact) mass is 632 g/mol. The predicted octanol–water partition coefficient (Wildman–Crippen LogP) is 13.3. The summed E-state index contributed by atoms with van der Waals surface area (Å²) in [5.41, 5.74) is 5.17. The van der Waals surface area contributed by atoms with Gasteiger partial charge in [0.25, 0.3) is 0 Å². The molecule has 1 heteroatoms. The van der Waals surface area contributed by atoms with Crippen molar-refractivity contribution in [3.63, 3.8) is 0 Å². The fourth-order valence-corrected chi connectivity index (χ4v) is 8.68. The smallest absolute Gasteiger partial charge is 0.0332 e. The lowest BCUT2D eigenvalue weighted by atomic mass is 9.81. The molecule has 0 N–H and O–H groups in total. The largest absolute Gasteiger partial charge is 0.0616 e. The van der Waals surface area contributed by atoms with E-state index in [1.807, 2.05) is 0 Å². The van der Waals surface area contributed by atoms with E-state index in [9.17, 15) is 0 Å². The maximum Gasteiger partial charge on any atom is 0.0332 e. The molecule has 0 aliphatic rings. The van der Waals surface area contributed by atoms with Crippen LogP contribution in [0.2, 0.25) is 0 Å². The Balaban J connectivity index is 1.42. The minimum absolute atomic E-state index is 1.15. The lowest BCUT2D eigenvalue weighted by Crippen LogP contribution is -1.94. The van der Waals surface area contributed by atoms with Gasteiger partial charge < -0.3 is 0 Å². The second-order valence-electron chi connectivity index (χ2n) is 12.1. The third kappa shape index (κ3) is 3.42. The molecule has 0 unspecified atom stereocenters. The fourth-order valence-electron chi connectivity index (χ4n) is 7.99. The van der Waals surface area contributed by atoms with Crippen molar-refractivity contribution in [2.24, 2.45) is 0 Å². The van der Waals surface area contributed by atoms with Crippen LogP contribution in [0, 0.1) is 0 Å². The van der Waals surface area contributed by atoms with Gasteiger partial charge in [-0.05, 0) is 114 Å².